The molecule has 1 amide bonds. The number of carbonyl (C=O) groups is 1. The molecular weight excluding hydrogens is 224 g/mol. The molecule has 0 spiro atoms. The minimum Gasteiger partial charge on any atom is -0.452 e. The van der Waals surface area contributed by atoms with Gasteiger partial charge < -0.3 is 4.74 Å². The molecule has 1 rings (SSSR count). The number of methoxy groups -OCH3 is 1. The highest BCUT2D eigenvalue weighted by atomic mass is 16.6. The number of ether oxygens (including phenoxy) is 1. The van der Waals surface area contributed by atoms with Gasteiger partial charge in [0.15, 0.2) is 0 Å². The van der Waals surface area contributed by atoms with E-state index in [1.165, 1.54) is 24.1 Å². The summed E-state index contributed by atoms with van der Waals surface area (Å²) < 4.78 is 4.61. The van der Waals surface area contributed by atoms with Crippen LogP contribution in [0.25, 0.3) is 0 Å². The van der Waals surface area contributed by atoms with E-state index < -0.39 is 11.0 Å². The Morgan fingerprint density at radius 1 is 1.35 bits per heavy atom. The number of amides is 1. The molecule has 0 heterocycles. The Labute approximate surface area is 98.9 Å². The maximum atomic E-state index is 11.4. The quantitative estimate of drug-likeness (QED) is 0.585. The summed E-state index contributed by atoms with van der Waals surface area (Å²) in [5, 5.41) is 10.7. The Morgan fingerprint density at radius 3 is 2.18 bits per heavy atom. The maximum Gasteiger partial charge on any atom is 0.413 e. The van der Waals surface area contributed by atoms with Crippen LogP contribution in [-0.4, -0.2) is 25.2 Å². The van der Waals surface area contributed by atoms with E-state index in [9.17, 15) is 14.9 Å². The van der Waals surface area contributed by atoms with Crippen LogP contribution >= 0.6 is 0 Å². The molecular formula is C11H14N2O4. The lowest BCUT2D eigenvalue weighted by atomic mass is 10.1. The number of non-ortho nitro benzene ring substituents is 1. The summed E-state index contributed by atoms with van der Waals surface area (Å²) in [7, 11) is 2.85. The van der Waals surface area contributed by atoms with Crippen molar-refractivity contribution in [2.24, 2.45) is 0 Å². The number of rotatable bonds is 2. The average molecular weight is 238 g/mol. The number of benzene rings is 1. The topological polar surface area (TPSA) is 72.7 Å². The van der Waals surface area contributed by atoms with Crippen LogP contribution in [0.4, 0.5) is 16.2 Å². The lowest BCUT2D eigenvalue weighted by molar-refractivity contribution is -0.384. The summed E-state index contributed by atoms with van der Waals surface area (Å²) in [5.41, 5.74) is 1.96. The van der Waals surface area contributed by atoms with Gasteiger partial charge in [-0.1, -0.05) is 0 Å². The summed E-state index contributed by atoms with van der Waals surface area (Å²) in [4.78, 5) is 23.0. The van der Waals surface area contributed by atoms with Gasteiger partial charge in [-0.05, 0) is 25.0 Å². The van der Waals surface area contributed by atoms with Crippen LogP contribution in [0.3, 0.4) is 0 Å². The van der Waals surface area contributed by atoms with Crippen LogP contribution in [-0.2, 0) is 4.74 Å². The third-order valence-electron chi connectivity index (χ3n) is 2.47. The molecule has 6 nitrogen and oxygen atoms in total. The molecule has 0 N–H and O–H groups in total. The van der Waals surface area contributed by atoms with Crippen LogP contribution in [0, 0.1) is 24.0 Å². The van der Waals surface area contributed by atoms with Crippen molar-refractivity contribution < 1.29 is 14.5 Å². The van der Waals surface area contributed by atoms with Gasteiger partial charge in [-0.15, -0.1) is 0 Å². The normalized spacial score (nSPS) is 9.88. The number of aryl methyl sites for hydroxylation is 2. The van der Waals surface area contributed by atoms with E-state index in [1.54, 1.807) is 20.9 Å². The van der Waals surface area contributed by atoms with Crippen molar-refractivity contribution in [1.82, 2.24) is 0 Å². The molecule has 0 saturated heterocycles. The molecule has 0 radical (unpaired) electrons. The Bertz CT molecular complexity index is 448. The number of nitro groups is 1. The Balaban J connectivity index is 3.27. The molecule has 0 aromatic heterocycles. The van der Waals surface area contributed by atoms with Gasteiger partial charge >= 0.3 is 6.09 Å². The molecule has 1 aromatic rings. The highest BCUT2D eigenvalue weighted by Crippen LogP contribution is 2.28. The van der Waals surface area contributed by atoms with Gasteiger partial charge in [-0.3, -0.25) is 15.0 Å². The smallest absolute Gasteiger partial charge is 0.413 e. The number of nitro benzene ring substituents is 1. The van der Waals surface area contributed by atoms with Crippen LogP contribution in [0.1, 0.15) is 11.1 Å². The first kappa shape index (κ1) is 13.0. The first-order valence-corrected chi connectivity index (χ1v) is 4.95. The van der Waals surface area contributed by atoms with Gasteiger partial charge in [0, 0.05) is 19.2 Å². The first-order chi connectivity index (χ1) is 7.88. The van der Waals surface area contributed by atoms with Crippen molar-refractivity contribution in [3.05, 3.63) is 33.4 Å². The lowest BCUT2D eigenvalue weighted by Crippen LogP contribution is -2.27. The molecule has 0 saturated carbocycles. The predicted molar refractivity (Wildman–Crippen MR) is 63.4 cm³/mol. The zero-order valence-electron chi connectivity index (χ0n) is 10.2. The van der Waals surface area contributed by atoms with Crippen LogP contribution in [0.5, 0.6) is 0 Å². The van der Waals surface area contributed by atoms with Gasteiger partial charge in [0.1, 0.15) is 0 Å². The Morgan fingerprint density at radius 2 is 1.82 bits per heavy atom. The number of anilines is 1. The fourth-order valence-corrected chi connectivity index (χ4v) is 1.80. The molecule has 0 atom stereocenters. The summed E-state index contributed by atoms with van der Waals surface area (Å²) in [5.74, 6) is 0. The van der Waals surface area contributed by atoms with Crippen molar-refractivity contribution in [2.75, 3.05) is 19.1 Å². The summed E-state index contributed by atoms with van der Waals surface area (Å²) >= 11 is 0. The van der Waals surface area contributed by atoms with E-state index in [1.807, 2.05) is 0 Å². The van der Waals surface area contributed by atoms with E-state index in [0.717, 1.165) is 0 Å². The highest BCUT2D eigenvalue weighted by Gasteiger charge is 2.18. The molecule has 6 heteroatoms. The SMILES string of the molecule is COC(=O)N(C)c1c(C)cc([N+](=O)[O-])cc1C. The number of carbonyl (C=O) groups excluding carboxylic acids is 1. The van der Waals surface area contributed by atoms with Gasteiger partial charge in [0.05, 0.1) is 17.7 Å². The minimum absolute atomic E-state index is 0.0158. The van der Waals surface area contributed by atoms with Crippen LogP contribution in [0.2, 0.25) is 0 Å². The fraction of sp³-hybridized carbons (Fsp3) is 0.364. The van der Waals surface area contributed by atoms with Crippen LogP contribution in [0.15, 0.2) is 12.1 Å². The molecule has 17 heavy (non-hydrogen) atoms. The molecule has 0 aliphatic carbocycles. The van der Waals surface area contributed by atoms with E-state index in [0.29, 0.717) is 16.8 Å². The van der Waals surface area contributed by atoms with Crippen molar-refractivity contribution in [3.63, 3.8) is 0 Å². The first-order valence-electron chi connectivity index (χ1n) is 4.95. The maximum absolute atomic E-state index is 11.4. The third-order valence-corrected chi connectivity index (χ3v) is 2.47. The zero-order valence-corrected chi connectivity index (χ0v) is 10.2. The second-order valence-corrected chi connectivity index (χ2v) is 3.71. The lowest BCUT2D eigenvalue weighted by Gasteiger charge is -2.20. The molecule has 0 fully saturated rings. The standard InChI is InChI=1S/C11H14N2O4/c1-7-5-9(13(15)16)6-8(2)10(7)12(3)11(14)17-4/h5-6H,1-4H3. The predicted octanol–water partition coefficient (Wildman–Crippen LogP) is 2.41. The summed E-state index contributed by atoms with van der Waals surface area (Å²) in [6.07, 6.45) is -0.509. The summed E-state index contributed by atoms with van der Waals surface area (Å²) in [6.45, 7) is 3.43. The van der Waals surface area contributed by atoms with E-state index in [-0.39, 0.29) is 5.69 Å². The molecule has 0 aliphatic heterocycles. The largest absolute Gasteiger partial charge is 0.452 e. The van der Waals surface area contributed by atoms with Crippen molar-refractivity contribution in [3.8, 4) is 0 Å². The van der Waals surface area contributed by atoms with Crippen molar-refractivity contribution >= 4 is 17.5 Å². The van der Waals surface area contributed by atoms with Gasteiger partial charge in [-0.25, -0.2) is 4.79 Å². The van der Waals surface area contributed by atoms with E-state index >= 15 is 0 Å². The number of nitrogens with zero attached hydrogens (tertiary/aromatic N) is 2. The third kappa shape index (κ3) is 2.52. The second-order valence-electron chi connectivity index (χ2n) is 3.71. The average Bonchev–Trinajstić information content (AvgIpc) is 2.26. The molecule has 92 valence electrons. The number of hydrogen-bond donors (Lipinski definition) is 0. The molecule has 1 aromatic carbocycles. The van der Waals surface area contributed by atoms with E-state index in [2.05, 4.69) is 4.74 Å². The Hall–Kier alpha value is -2.11. The van der Waals surface area contributed by atoms with Gasteiger partial charge in [0.2, 0.25) is 0 Å². The van der Waals surface area contributed by atoms with E-state index in [4.69, 9.17) is 0 Å². The second kappa shape index (κ2) is 4.82. The van der Waals surface area contributed by atoms with Crippen molar-refractivity contribution in [1.29, 1.82) is 0 Å². The highest BCUT2D eigenvalue weighted by molar-refractivity contribution is 5.89. The monoisotopic (exact) mass is 238 g/mol. The van der Waals surface area contributed by atoms with Gasteiger partial charge in [0.25, 0.3) is 5.69 Å². The zero-order chi connectivity index (χ0) is 13.2. The minimum atomic E-state index is -0.509. The fourth-order valence-electron chi connectivity index (χ4n) is 1.80. The van der Waals surface area contributed by atoms with Gasteiger partial charge in [-0.2, -0.15) is 0 Å². The Kier molecular flexibility index (Phi) is 3.67. The van der Waals surface area contributed by atoms with Crippen molar-refractivity contribution in [2.45, 2.75) is 13.8 Å². The molecule has 0 aliphatic rings. The number of hydrogen-bond acceptors (Lipinski definition) is 4. The summed E-state index contributed by atoms with van der Waals surface area (Å²) in [6, 6.07) is 2.86. The van der Waals surface area contributed by atoms with Crippen LogP contribution < -0.4 is 4.90 Å². The molecule has 0 unspecified atom stereocenters. The molecule has 0 bridgehead atoms.